The average Bonchev–Trinajstić information content (AvgIpc) is 3.30. The molecule has 27 heavy (non-hydrogen) atoms. The summed E-state index contributed by atoms with van der Waals surface area (Å²) in [6, 6.07) is 12.2. The Morgan fingerprint density at radius 1 is 1.22 bits per heavy atom. The minimum absolute atomic E-state index is 0. The summed E-state index contributed by atoms with van der Waals surface area (Å²) in [5.74, 6) is 0.726. The Hall–Kier alpha value is -1.58. The molecule has 0 saturated heterocycles. The van der Waals surface area contributed by atoms with Gasteiger partial charge in [-0.15, -0.1) is 35.3 Å². The molecule has 146 valence electrons. The molecule has 1 unspecified atom stereocenters. The lowest BCUT2D eigenvalue weighted by molar-refractivity contribution is 0.0711. The van der Waals surface area contributed by atoms with Crippen molar-refractivity contribution < 1.29 is 5.11 Å². The van der Waals surface area contributed by atoms with Crippen LogP contribution < -0.4 is 10.6 Å². The van der Waals surface area contributed by atoms with Crippen molar-refractivity contribution in [2.75, 3.05) is 19.6 Å². The van der Waals surface area contributed by atoms with Crippen molar-refractivity contribution in [3.05, 3.63) is 58.4 Å². The zero-order chi connectivity index (χ0) is 18.4. The largest absolute Gasteiger partial charge is 0.383 e. The molecule has 0 aliphatic heterocycles. The van der Waals surface area contributed by atoms with Gasteiger partial charge in [0.2, 0.25) is 0 Å². The molecule has 0 aliphatic carbocycles. The fourth-order valence-electron chi connectivity index (χ4n) is 2.89. The van der Waals surface area contributed by atoms with Gasteiger partial charge in [-0.05, 0) is 43.3 Å². The van der Waals surface area contributed by atoms with E-state index in [2.05, 4.69) is 45.0 Å². The number of aliphatic imine (C=N–C) groups is 1. The lowest BCUT2D eigenvalue weighted by Gasteiger charge is -2.20. The first-order chi connectivity index (χ1) is 12.6. The van der Waals surface area contributed by atoms with E-state index in [1.54, 1.807) is 18.3 Å². The molecule has 0 fully saturated rings. The maximum absolute atomic E-state index is 10.6. The van der Waals surface area contributed by atoms with Crippen molar-refractivity contribution in [2.45, 2.75) is 25.9 Å². The number of para-hydroxylation sites is 1. The molecule has 1 atom stereocenters. The van der Waals surface area contributed by atoms with E-state index in [1.165, 1.54) is 10.9 Å². The predicted molar refractivity (Wildman–Crippen MR) is 125 cm³/mol. The number of nitrogens with one attached hydrogen (secondary N) is 3. The lowest BCUT2D eigenvalue weighted by atomic mass is 10.1. The van der Waals surface area contributed by atoms with Gasteiger partial charge in [0.05, 0.1) is 6.54 Å². The van der Waals surface area contributed by atoms with Gasteiger partial charge in [-0.2, -0.15) is 0 Å². The number of benzene rings is 1. The standard InChI is InChI=1S/C20H26N4OS.HI/c1-3-21-19(24-14-20(2,25)18-9-6-12-26-18)22-11-10-15-13-23-17-8-5-4-7-16(15)17;/h4-9,12-13,23,25H,3,10-11,14H2,1-2H3,(H2,21,22,24);1H. The van der Waals surface area contributed by atoms with Gasteiger partial charge in [-0.3, -0.25) is 0 Å². The maximum atomic E-state index is 10.6. The Balaban J connectivity index is 0.00000261. The molecule has 4 N–H and O–H groups in total. The molecule has 7 heteroatoms. The zero-order valence-electron chi connectivity index (χ0n) is 15.7. The summed E-state index contributed by atoms with van der Waals surface area (Å²) in [6.45, 7) is 5.71. The molecule has 0 saturated carbocycles. The Kier molecular flexibility index (Phi) is 8.12. The van der Waals surface area contributed by atoms with Gasteiger partial charge in [0, 0.05) is 35.1 Å². The number of hydrogen-bond donors (Lipinski definition) is 4. The van der Waals surface area contributed by atoms with Crippen LogP contribution in [0.25, 0.3) is 10.9 Å². The molecular weight excluding hydrogens is 471 g/mol. The topological polar surface area (TPSA) is 72.4 Å². The third-order valence-electron chi connectivity index (χ3n) is 4.30. The minimum Gasteiger partial charge on any atom is -0.383 e. The number of nitrogens with zero attached hydrogens (tertiary/aromatic N) is 1. The second-order valence-corrected chi connectivity index (χ2v) is 7.43. The lowest BCUT2D eigenvalue weighted by Crippen LogP contribution is -2.39. The molecule has 2 aromatic heterocycles. The van der Waals surface area contributed by atoms with Crippen LogP contribution in [0.4, 0.5) is 0 Å². The van der Waals surface area contributed by atoms with E-state index in [1.807, 2.05) is 30.5 Å². The number of aromatic amines is 1. The van der Waals surface area contributed by atoms with Crippen LogP contribution in [0.2, 0.25) is 0 Å². The summed E-state index contributed by atoms with van der Waals surface area (Å²) in [7, 11) is 0. The number of aliphatic hydroxyl groups is 1. The number of aromatic nitrogens is 1. The molecule has 1 aromatic carbocycles. The highest BCUT2D eigenvalue weighted by atomic mass is 127. The van der Waals surface area contributed by atoms with E-state index in [0.717, 1.165) is 35.9 Å². The molecule has 0 aliphatic rings. The van der Waals surface area contributed by atoms with Crippen LogP contribution in [0.5, 0.6) is 0 Å². The van der Waals surface area contributed by atoms with Crippen LogP contribution in [0.15, 0.2) is 53.0 Å². The predicted octanol–water partition coefficient (Wildman–Crippen LogP) is 3.85. The number of H-pyrrole nitrogens is 1. The normalized spacial score (nSPS) is 13.8. The summed E-state index contributed by atoms with van der Waals surface area (Å²) in [4.78, 5) is 8.80. The summed E-state index contributed by atoms with van der Waals surface area (Å²) in [5, 5.41) is 20.5. The molecule has 2 heterocycles. The second-order valence-electron chi connectivity index (χ2n) is 6.48. The summed E-state index contributed by atoms with van der Waals surface area (Å²) in [5.41, 5.74) is 1.50. The minimum atomic E-state index is -0.951. The first-order valence-electron chi connectivity index (χ1n) is 8.93. The third-order valence-corrected chi connectivity index (χ3v) is 5.43. The average molecular weight is 498 g/mol. The van der Waals surface area contributed by atoms with Crippen molar-refractivity contribution in [3.8, 4) is 0 Å². The van der Waals surface area contributed by atoms with Gasteiger partial charge in [0.1, 0.15) is 5.60 Å². The Morgan fingerprint density at radius 2 is 2.04 bits per heavy atom. The fraction of sp³-hybridized carbons (Fsp3) is 0.350. The van der Waals surface area contributed by atoms with E-state index in [-0.39, 0.29) is 24.0 Å². The van der Waals surface area contributed by atoms with E-state index < -0.39 is 5.60 Å². The highest BCUT2D eigenvalue weighted by Crippen LogP contribution is 2.25. The summed E-state index contributed by atoms with van der Waals surface area (Å²) >= 11 is 1.55. The molecular formula is C20H27IN4OS. The fourth-order valence-corrected chi connectivity index (χ4v) is 3.67. The Bertz CT molecular complexity index is 858. The van der Waals surface area contributed by atoms with Gasteiger partial charge in [-0.1, -0.05) is 24.3 Å². The number of guanidine groups is 1. The van der Waals surface area contributed by atoms with Crippen LogP contribution in [0, 0.1) is 0 Å². The van der Waals surface area contributed by atoms with E-state index >= 15 is 0 Å². The van der Waals surface area contributed by atoms with Crippen LogP contribution in [-0.4, -0.2) is 35.7 Å². The first kappa shape index (κ1) is 21.7. The molecule has 0 radical (unpaired) electrons. The third kappa shape index (κ3) is 5.70. The molecule has 0 spiro atoms. The van der Waals surface area contributed by atoms with E-state index in [4.69, 9.17) is 0 Å². The van der Waals surface area contributed by atoms with Gasteiger partial charge in [0.15, 0.2) is 5.96 Å². The van der Waals surface area contributed by atoms with Crippen molar-refractivity contribution in [2.24, 2.45) is 4.99 Å². The molecule has 3 aromatic rings. The SMILES string of the molecule is CCNC(=NCC(C)(O)c1cccs1)NCCc1c[nH]c2ccccc12.I. The zero-order valence-corrected chi connectivity index (χ0v) is 18.8. The quantitative estimate of drug-likeness (QED) is 0.227. The number of hydrogen-bond acceptors (Lipinski definition) is 3. The van der Waals surface area contributed by atoms with Gasteiger partial charge < -0.3 is 20.7 Å². The maximum Gasteiger partial charge on any atom is 0.191 e. The molecule has 0 amide bonds. The van der Waals surface area contributed by atoms with Gasteiger partial charge in [-0.25, -0.2) is 4.99 Å². The summed E-state index contributed by atoms with van der Waals surface area (Å²) in [6.07, 6.45) is 2.97. The molecule has 0 bridgehead atoms. The summed E-state index contributed by atoms with van der Waals surface area (Å²) < 4.78 is 0. The van der Waals surface area contributed by atoms with Crippen molar-refractivity contribution in [1.82, 2.24) is 15.6 Å². The van der Waals surface area contributed by atoms with E-state index in [0.29, 0.717) is 6.54 Å². The number of rotatable bonds is 7. The van der Waals surface area contributed by atoms with Crippen LogP contribution in [0.3, 0.4) is 0 Å². The number of thiophene rings is 1. The number of fused-ring (bicyclic) bond motifs is 1. The van der Waals surface area contributed by atoms with Crippen molar-refractivity contribution in [3.63, 3.8) is 0 Å². The van der Waals surface area contributed by atoms with Gasteiger partial charge >= 0.3 is 0 Å². The molecule has 3 rings (SSSR count). The number of halogens is 1. The Morgan fingerprint density at radius 3 is 2.78 bits per heavy atom. The smallest absolute Gasteiger partial charge is 0.191 e. The van der Waals surface area contributed by atoms with Crippen LogP contribution in [0.1, 0.15) is 24.3 Å². The van der Waals surface area contributed by atoms with Crippen LogP contribution >= 0.6 is 35.3 Å². The highest BCUT2D eigenvalue weighted by molar-refractivity contribution is 14.0. The van der Waals surface area contributed by atoms with Gasteiger partial charge in [0.25, 0.3) is 0 Å². The molecule has 5 nitrogen and oxygen atoms in total. The van der Waals surface area contributed by atoms with Crippen molar-refractivity contribution >= 4 is 52.2 Å². The first-order valence-corrected chi connectivity index (χ1v) is 9.81. The Labute approximate surface area is 181 Å². The van der Waals surface area contributed by atoms with Crippen molar-refractivity contribution in [1.29, 1.82) is 0 Å². The van der Waals surface area contributed by atoms with Crippen LogP contribution in [-0.2, 0) is 12.0 Å². The van der Waals surface area contributed by atoms with E-state index in [9.17, 15) is 5.11 Å². The second kappa shape index (κ2) is 10.1. The highest BCUT2D eigenvalue weighted by Gasteiger charge is 2.23. The monoisotopic (exact) mass is 498 g/mol.